The van der Waals surface area contributed by atoms with E-state index < -0.39 is 40.0 Å². The van der Waals surface area contributed by atoms with Crippen LogP contribution in [0.4, 0.5) is 0 Å². The highest BCUT2D eigenvalue weighted by Gasteiger charge is 2.74. The molecule has 0 heterocycles. The SMILES string of the molecule is C[C@]12CCC#C[C@H](O)[C@]3(CC1)[C@H](C2)C1=CC(=O)[C@@H]2[C@@]4(C)[C@@H]5C=CC[C@](CO)([C@H]4CC[C@@]2(C)[C@]1(C)C[C@@H]3O)[C@@H](O)C5. The highest BCUT2D eigenvalue weighted by atomic mass is 16.3. The van der Waals surface area contributed by atoms with E-state index in [1.165, 1.54) is 0 Å². The Morgan fingerprint density at radius 3 is 2.52 bits per heavy atom. The third kappa shape index (κ3) is 2.98. The molecule has 0 aromatic heterocycles. The summed E-state index contributed by atoms with van der Waals surface area (Å²) in [5, 5.41) is 45.8. The van der Waals surface area contributed by atoms with Crippen LogP contribution in [0.15, 0.2) is 23.8 Å². The predicted octanol–water partition coefficient (Wildman–Crippen LogP) is 4.58. The van der Waals surface area contributed by atoms with E-state index >= 15 is 0 Å². The number of rotatable bonds is 1. The maximum atomic E-state index is 14.7. The van der Waals surface area contributed by atoms with Gasteiger partial charge in [0.1, 0.15) is 6.10 Å². The first kappa shape index (κ1) is 27.4. The van der Waals surface area contributed by atoms with E-state index in [0.29, 0.717) is 19.3 Å². The van der Waals surface area contributed by atoms with Crippen LogP contribution < -0.4 is 0 Å². The summed E-state index contributed by atoms with van der Waals surface area (Å²) in [6, 6.07) is 0. The summed E-state index contributed by atoms with van der Waals surface area (Å²) in [5.41, 5.74) is -1.28. The van der Waals surface area contributed by atoms with Crippen molar-refractivity contribution in [1.29, 1.82) is 0 Å². The summed E-state index contributed by atoms with van der Waals surface area (Å²) in [6.45, 7) is 9.16. The van der Waals surface area contributed by atoms with Crippen LogP contribution in [0, 0.1) is 68.0 Å². The molecule has 9 rings (SSSR count). The van der Waals surface area contributed by atoms with Crippen molar-refractivity contribution in [2.24, 2.45) is 56.2 Å². The van der Waals surface area contributed by atoms with Gasteiger partial charge >= 0.3 is 0 Å². The molecule has 4 N–H and O–H groups in total. The first-order valence-electron chi connectivity index (χ1n) is 15.9. The monoisotopic (exact) mass is 548 g/mol. The highest BCUT2D eigenvalue weighted by Crippen LogP contribution is 2.77. The molecule has 0 aromatic rings. The van der Waals surface area contributed by atoms with Gasteiger partial charge in [0, 0.05) is 23.2 Å². The van der Waals surface area contributed by atoms with Gasteiger partial charge in [-0.05, 0) is 103 Å². The second-order valence-electron chi connectivity index (χ2n) is 16.1. The topological polar surface area (TPSA) is 98.0 Å². The van der Waals surface area contributed by atoms with Crippen LogP contribution in [-0.4, -0.2) is 51.1 Å². The number of carbonyl (C=O) groups is 1. The van der Waals surface area contributed by atoms with Gasteiger partial charge in [0.2, 0.25) is 0 Å². The molecule has 5 nitrogen and oxygen atoms in total. The molecule has 5 heteroatoms. The van der Waals surface area contributed by atoms with Crippen molar-refractivity contribution in [2.75, 3.05) is 6.61 Å². The van der Waals surface area contributed by atoms with Crippen LogP contribution in [0.2, 0.25) is 0 Å². The van der Waals surface area contributed by atoms with E-state index in [1.54, 1.807) is 0 Å². The molecule has 4 fully saturated rings. The Hall–Kier alpha value is -1.45. The molecule has 9 aliphatic carbocycles. The Kier molecular flexibility index (Phi) is 5.71. The summed E-state index contributed by atoms with van der Waals surface area (Å²) in [7, 11) is 0. The Morgan fingerprint density at radius 2 is 1.77 bits per heavy atom. The van der Waals surface area contributed by atoms with Gasteiger partial charge in [-0.3, -0.25) is 4.79 Å². The Morgan fingerprint density at radius 1 is 1.00 bits per heavy atom. The predicted molar refractivity (Wildman–Crippen MR) is 153 cm³/mol. The van der Waals surface area contributed by atoms with E-state index in [2.05, 4.69) is 51.7 Å². The summed E-state index contributed by atoms with van der Waals surface area (Å²) >= 11 is 0. The van der Waals surface area contributed by atoms with Gasteiger partial charge in [0.15, 0.2) is 5.78 Å². The van der Waals surface area contributed by atoms with Gasteiger partial charge < -0.3 is 20.4 Å². The van der Waals surface area contributed by atoms with Crippen LogP contribution in [0.5, 0.6) is 0 Å². The lowest BCUT2D eigenvalue weighted by molar-refractivity contribution is -0.237. The average molecular weight is 549 g/mol. The lowest BCUT2D eigenvalue weighted by Crippen LogP contribution is -2.71. The lowest BCUT2D eigenvalue weighted by atomic mass is 9.31. The van der Waals surface area contributed by atoms with Gasteiger partial charge in [-0.15, -0.1) is 5.92 Å². The summed E-state index contributed by atoms with van der Waals surface area (Å²) in [6.07, 6.45) is 11.9. The van der Waals surface area contributed by atoms with Crippen LogP contribution in [-0.2, 0) is 4.79 Å². The van der Waals surface area contributed by atoms with Gasteiger partial charge in [-0.25, -0.2) is 0 Å². The maximum Gasteiger partial charge on any atom is 0.159 e. The average Bonchev–Trinajstić information content (AvgIpc) is 3.08. The Balaban J connectivity index is 1.41. The molecule has 1 spiro atoms. The number of aliphatic hydroxyl groups is 4. The summed E-state index contributed by atoms with van der Waals surface area (Å²) in [5.74, 6) is 6.32. The molecule has 0 aromatic carbocycles. The molecule has 13 atom stereocenters. The molecule has 40 heavy (non-hydrogen) atoms. The van der Waals surface area contributed by atoms with Crippen molar-refractivity contribution in [3.8, 4) is 11.8 Å². The molecule has 0 aliphatic heterocycles. The van der Waals surface area contributed by atoms with E-state index in [4.69, 9.17) is 0 Å². The third-order valence-corrected chi connectivity index (χ3v) is 14.9. The smallest absolute Gasteiger partial charge is 0.159 e. The molecule has 9 aliphatic rings. The fourth-order valence-corrected chi connectivity index (χ4v) is 12.5. The summed E-state index contributed by atoms with van der Waals surface area (Å²) < 4.78 is 0. The van der Waals surface area contributed by atoms with Crippen molar-refractivity contribution in [2.45, 2.75) is 110 Å². The van der Waals surface area contributed by atoms with E-state index in [1.807, 2.05) is 6.08 Å². The number of ketones is 1. The summed E-state index contributed by atoms with van der Waals surface area (Å²) in [4.78, 5) is 14.7. The fourth-order valence-electron chi connectivity index (χ4n) is 12.5. The van der Waals surface area contributed by atoms with Gasteiger partial charge in [0.05, 0.1) is 18.8 Å². The van der Waals surface area contributed by atoms with Crippen LogP contribution >= 0.6 is 0 Å². The molecule has 0 saturated heterocycles. The molecular weight excluding hydrogens is 500 g/mol. The van der Waals surface area contributed by atoms with Crippen LogP contribution in [0.25, 0.3) is 0 Å². The minimum atomic E-state index is -0.900. The molecular formula is C35H48O5. The minimum Gasteiger partial charge on any atom is -0.396 e. The van der Waals surface area contributed by atoms with E-state index in [-0.39, 0.29) is 46.9 Å². The van der Waals surface area contributed by atoms with E-state index in [9.17, 15) is 25.2 Å². The zero-order valence-corrected chi connectivity index (χ0v) is 24.7. The first-order chi connectivity index (χ1) is 18.8. The number of carbonyl (C=O) groups excluding carboxylic acids is 1. The normalized spacial score (nSPS) is 58.0. The molecule has 4 bridgehead atoms. The molecule has 0 amide bonds. The third-order valence-electron chi connectivity index (χ3n) is 14.9. The van der Waals surface area contributed by atoms with Crippen molar-refractivity contribution < 1.29 is 25.2 Å². The van der Waals surface area contributed by atoms with Gasteiger partial charge in [-0.1, -0.05) is 51.3 Å². The minimum absolute atomic E-state index is 0.0473. The van der Waals surface area contributed by atoms with Crippen molar-refractivity contribution in [3.63, 3.8) is 0 Å². The van der Waals surface area contributed by atoms with Crippen LogP contribution in [0.1, 0.15) is 91.9 Å². The fraction of sp³-hybridized carbons (Fsp3) is 0.800. The Bertz CT molecular complexity index is 1260. The van der Waals surface area contributed by atoms with Crippen molar-refractivity contribution in [3.05, 3.63) is 23.8 Å². The number of aliphatic hydroxyl groups excluding tert-OH is 4. The number of hydrogen-bond donors (Lipinski definition) is 4. The second kappa shape index (κ2) is 8.34. The van der Waals surface area contributed by atoms with Gasteiger partial charge in [0.25, 0.3) is 0 Å². The number of allylic oxidation sites excluding steroid dienone is 4. The first-order valence-corrected chi connectivity index (χ1v) is 15.9. The van der Waals surface area contributed by atoms with Crippen LogP contribution in [0.3, 0.4) is 0 Å². The Labute approximate surface area is 239 Å². The quantitative estimate of drug-likeness (QED) is 0.284. The van der Waals surface area contributed by atoms with Crippen molar-refractivity contribution in [1.82, 2.24) is 0 Å². The number of hydrogen-bond acceptors (Lipinski definition) is 5. The van der Waals surface area contributed by atoms with Crippen molar-refractivity contribution >= 4 is 5.78 Å². The molecule has 0 unspecified atom stereocenters. The molecule has 218 valence electrons. The maximum absolute atomic E-state index is 14.7. The lowest BCUT2D eigenvalue weighted by Gasteiger charge is -2.72. The highest BCUT2D eigenvalue weighted by molar-refractivity contribution is 5.96. The molecule has 0 radical (unpaired) electrons. The van der Waals surface area contributed by atoms with E-state index in [0.717, 1.165) is 50.5 Å². The van der Waals surface area contributed by atoms with Gasteiger partial charge in [-0.2, -0.15) is 0 Å². The second-order valence-corrected chi connectivity index (χ2v) is 16.1. The zero-order valence-electron chi connectivity index (χ0n) is 24.7. The molecule has 4 saturated carbocycles. The largest absolute Gasteiger partial charge is 0.396 e. The zero-order chi connectivity index (χ0) is 28.5. The standard InChI is InChI=1S/C35H48O5/c1-30-11-6-5-9-26(38)35(15-14-30)23(18-30)22-17-24(37)29-31(2,32(22,3)19-28(35)40)13-10-25-33(29,4)21-8-7-12-34(25,20-36)27(39)16-21/h7-8,17,21,23,25-29,36,38-40H,6,10-16,18-20H2,1-4H3/t21-,23-,25+,26+,27+,28+,29+,30+,31-,32-,33+,34+,35+/m1/s1. The number of fused-ring (bicyclic) bond motifs is 9.